The van der Waals surface area contributed by atoms with Crippen LogP contribution in [0.1, 0.15) is 64.5 Å². The number of rotatable bonds is 11. The Morgan fingerprint density at radius 2 is 1.84 bits per heavy atom. The van der Waals surface area contributed by atoms with E-state index in [1.807, 2.05) is 56.3 Å². The van der Waals surface area contributed by atoms with E-state index in [0.29, 0.717) is 18.1 Å². The lowest BCUT2D eigenvalue weighted by Gasteiger charge is -2.38. The maximum Gasteiger partial charge on any atom is 0.222 e. The third kappa shape index (κ3) is 8.17. The number of unbranched alkanes of at least 4 members (excludes halogenated alkanes) is 2. The van der Waals surface area contributed by atoms with E-state index in [1.165, 1.54) is 0 Å². The molecule has 2 atom stereocenters. The topological polar surface area (TPSA) is 118 Å². The lowest BCUT2D eigenvalue weighted by molar-refractivity contribution is -0.121. The largest absolute Gasteiger partial charge is 0.497 e. The summed E-state index contributed by atoms with van der Waals surface area (Å²) in [5, 5.41) is 3.67. The second-order valence-electron chi connectivity index (χ2n) is 8.95. The summed E-state index contributed by atoms with van der Waals surface area (Å²) < 4.78 is 5.53. The van der Waals surface area contributed by atoms with Crippen molar-refractivity contribution in [2.75, 3.05) is 25.1 Å². The fourth-order valence-electron chi connectivity index (χ4n) is 4.42. The summed E-state index contributed by atoms with van der Waals surface area (Å²) in [5.41, 5.74) is 12.0. The molecule has 0 saturated carbocycles. The Morgan fingerprint density at radius 1 is 1.14 bits per heavy atom. The van der Waals surface area contributed by atoms with Gasteiger partial charge < -0.3 is 20.7 Å². The van der Waals surface area contributed by atoms with E-state index in [4.69, 9.17) is 32.9 Å². The molecule has 1 aliphatic heterocycles. The minimum absolute atomic E-state index is 0.0607. The van der Waals surface area contributed by atoms with E-state index in [1.54, 1.807) is 7.11 Å². The Balaban J connectivity index is 0.00000235. The maximum atomic E-state index is 12.9. The van der Waals surface area contributed by atoms with E-state index in [-0.39, 0.29) is 18.4 Å². The normalized spacial score (nSPS) is 16.8. The summed E-state index contributed by atoms with van der Waals surface area (Å²) in [5.74, 6) is 6.75. The number of carbonyl (C=O) groups is 1. The highest BCUT2D eigenvalue weighted by atomic mass is 35.5. The molecule has 0 aromatic heterocycles. The number of anilines is 1. The fraction of sp³-hybridized carbons (Fsp3) is 0.500. The highest BCUT2D eigenvalue weighted by molar-refractivity contribution is 6.30. The van der Waals surface area contributed by atoms with Gasteiger partial charge in [0, 0.05) is 34.4 Å². The van der Waals surface area contributed by atoms with Gasteiger partial charge in [-0.1, -0.05) is 44.0 Å². The van der Waals surface area contributed by atoms with Crippen LogP contribution in [0, 0.1) is 0 Å². The number of fused-ring (bicyclic) bond motifs is 1. The van der Waals surface area contributed by atoms with Crippen LogP contribution in [0.25, 0.3) is 0 Å². The lowest BCUT2D eigenvalue weighted by Crippen LogP contribution is -2.58. The van der Waals surface area contributed by atoms with Crippen molar-refractivity contribution in [2.45, 2.75) is 71.6 Å². The van der Waals surface area contributed by atoms with E-state index in [0.717, 1.165) is 47.5 Å². The summed E-state index contributed by atoms with van der Waals surface area (Å²) in [6, 6.07) is 13.1. The van der Waals surface area contributed by atoms with Crippen molar-refractivity contribution in [3.05, 3.63) is 58.6 Å². The van der Waals surface area contributed by atoms with Crippen molar-refractivity contribution in [3.8, 4) is 5.75 Å². The molecule has 1 aliphatic rings. The van der Waals surface area contributed by atoms with Gasteiger partial charge in [-0.05, 0) is 63.6 Å². The molecule has 0 radical (unpaired) electrons. The zero-order chi connectivity index (χ0) is 27.4. The van der Waals surface area contributed by atoms with Crippen molar-refractivity contribution in [1.29, 1.82) is 0 Å². The van der Waals surface area contributed by atoms with Crippen LogP contribution in [0.2, 0.25) is 5.02 Å². The predicted molar refractivity (Wildman–Crippen MR) is 154 cm³/mol. The molecule has 2 aromatic carbocycles. The Kier molecular flexibility index (Phi) is 12.9. The second-order valence-corrected chi connectivity index (χ2v) is 9.39. The minimum Gasteiger partial charge on any atom is -0.497 e. The second kappa shape index (κ2) is 15.6. The molecule has 3 rings (SSSR count). The number of ether oxygens (including phenoxy) is 1. The molecular formula is C28H43ClN6O2. The quantitative estimate of drug-likeness (QED) is 0.196. The molecule has 37 heavy (non-hydrogen) atoms. The molecule has 9 heteroatoms. The van der Waals surface area contributed by atoms with E-state index in [9.17, 15) is 4.79 Å². The van der Waals surface area contributed by atoms with Gasteiger partial charge >= 0.3 is 0 Å². The standard InChI is InChI=1S/C26H37ClN6O2.C2H6/c1-17(2)33-23-12-11-20(35-3)15-21(23)25(18-7-9-19(27)10-8-18)31-22(26(33)32-29)16-24(34)30-14-6-4-5-13-28;1-2/h7-12,15,17,22,26,32H,4-6,13-14,16,28-29H2,1-3H3,(H,30,34);1-2H3/t22-,26?;/m0./s1. The summed E-state index contributed by atoms with van der Waals surface area (Å²) >= 11 is 6.16. The van der Waals surface area contributed by atoms with Crippen molar-refractivity contribution < 1.29 is 9.53 Å². The number of methoxy groups -OCH3 is 1. The number of hydrogen-bond acceptors (Lipinski definition) is 7. The van der Waals surface area contributed by atoms with Gasteiger partial charge in [0.25, 0.3) is 0 Å². The fourth-order valence-corrected chi connectivity index (χ4v) is 4.55. The zero-order valence-corrected chi connectivity index (χ0v) is 23.5. The Morgan fingerprint density at radius 3 is 2.43 bits per heavy atom. The van der Waals surface area contributed by atoms with Crippen LogP contribution in [0.5, 0.6) is 5.75 Å². The van der Waals surface area contributed by atoms with E-state index >= 15 is 0 Å². The van der Waals surface area contributed by atoms with Gasteiger partial charge in [0.1, 0.15) is 11.9 Å². The third-order valence-electron chi connectivity index (χ3n) is 6.14. The van der Waals surface area contributed by atoms with Gasteiger partial charge in [-0.2, -0.15) is 0 Å². The lowest BCUT2D eigenvalue weighted by atomic mass is 9.99. The molecule has 1 heterocycles. The first-order chi connectivity index (χ1) is 17.9. The van der Waals surface area contributed by atoms with E-state index < -0.39 is 12.2 Å². The third-order valence-corrected chi connectivity index (χ3v) is 6.39. The molecule has 8 nitrogen and oxygen atoms in total. The molecule has 0 fully saturated rings. The van der Waals surface area contributed by atoms with E-state index in [2.05, 4.69) is 29.5 Å². The smallest absolute Gasteiger partial charge is 0.222 e. The highest BCUT2D eigenvalue weighted by Gasteiger charge is 2.35. The number of halogens is 1. The summed E-state index contributed by atoms with van der Waals surface area (Å²) in [4.78, 5) is 20.2. The molecule has 6 N–H and O–H groups in total. The van der Waals surface area contributed by atoms with Gasteiger partial charge in [-0.15, -0.1) is 0 Å². The van der Waals surface area contributed by atoms with Gasteiger partial charge in [0.15, 0.2) is 0 Å². The van der Waals surface area contributed by atoms with Gasteiger partial charge in [0.05, 0.1) is 25.3 Å². The van der Waals surface area contributed by atoms with Crippen LogP contribution >= 0.6 is 11.6 Å². The number of aliphatic imine (C=N–C) groups is 1. The van der Waals surface area contributed by atoms with Crippen LogP contribution in [0.15, 0.2) is 47.5 Å². The number of nitrogens with one attached hydrogen (secondary N) is 2. The number of amides is 1. The first kappa shape index (κ1) is 30.6. The average molecular weight is 531 g/mol. The van der Waals surface area contributed by atoms with Gasteiger partial charge in [0.2, 0.25) is 5.91 Å². The summed E-state index contributed by atoms with van der Waals surface area (Å²) in [7, 11) is 1.64. The van der Waals surface area contributed by atoms with Crippen molar-refractivity contribution >= 4 is 28.9 Å². The molecule has 0 aliphatic carbocycles. The van der Waals surface area contributed by atoms with Crippen molar-refractivity contribution in [3.63, 3.8) is 0 Å². The van der Waals surface area contributed by atoms with Gasteiger partial charge in [-0.25, -0.2) is 5.43 Å². The van der Waals surface area contributed by atoms with Gasteiger partial charge in [-0.3, -0.25) is 15.6 Å². The molecule has 0 bridgehead atoms. The maximum absolute atomic E-state index is 12.9. The van der Waals surface area contributed by atoms with Crippen LogP contribution in [0.4, 0.5) is 5.69 Å². The monoisotopic (exact) mass is 530 g/mol. The van der Waals surface area contributed by atoms with Crippen LogP contribution in [0.3, 0.4) is 0 Å². The average Bonchev–Trinajstić information content (AvgIpc) is 3.04. The number of carbonyl (C=O) groups excluding carboxylic acids is 1. The highest BCUT2D eigenvalue weighted by Crippen LogP contribution is 2.35. The number of nitrogens with zero attached hydrogens (tertiary/aromatic N) is 2. The number of nitrogens with two attached hydrogens (primary N) is 2. The van der Waals surface area contributed by atoms with Crippen LogP contribution in [-0.4, -0.2) is 50.1 Å². The molecule has 1 amide bonds. The molecule has 2 aromatic rings. The first-order valence-corrected chi connectivity index (χ1v) is 13.5. The SMILES string of the molecule is CC.COc1ccc2c(c1)C(c1ccc(Cl)cc1)=N[C@@H](CC(=O)NCCCCCN)C(NN)N2C(C)C. The van der Waals surface area contributed by atoms with Crippen molar-refractivity contribution in [2.24, 2.45) is 16.6 Å². The molecule has 204 valence electrons. The number of benzodiazepines with no additional fused rings is 1. The molecule has 1 unspecified atom stereocenters. The van der Waals surface area contributed by atoms with Crippen LogP contribution < -0.4 is 32.0 Å². The van der Waals surface area contributed by atoms with Crippen molar-refractivity contribution in [1.82, 2.24) is 10.7 Å². The summed E-state index contributed by atoms with van der Waals surface area (Å²) in [6.07, 6.45) is 2.64. The van der Waals surface area contributed by atoms with Crippen LogP contribution in [-0.2, 0) is 4.79 Å². The number of benzene rings is 2. The summed E-state index contributed by atoms with van der Waals surface area (Å²) in [6.45, 7) is 9.48. The Bertz CT molecular complexity index is 1010. The molecular weight excluding hydrogens is 488 g/mol. The first-order valence-electron chi connectivity index (χ1n) is 13.1. The molecule has 0 saturated heterocycles. The zero-order valence-electron chi connectivity index (χ0n) is 22.8. The Labute approximate surface area is 226 Å². The number of hydrogen-bond donors (Lipinski definition) is 4. The Hall–Kier alpha value is -2.65. The predicted octanol–water partition coefficient (Wildman–Crippen LogP) is 4.23. The molecule has 0 spiro atoms. The minimum atomic E-state index is -0.435. The number of hydrazine groups is 1.